The standard InChI is InChI=1S/C20H23ClN2O5S/c1-5-12-28-17-9-6-15(7-10-17)22-20(24)14(2)23(29(4,25)26)16-8-11-19(27-3)18(21)13-16/h5-11,13-14H,1,12H2,2-4H3,(H,22,24)/t14-/m0/s1. The Balaban J connectivity index is 2.23. The number of hydrogen-bond donors (Lipinski definition) is 1. The van der Waals surface area contributed by atoms with Gasteiger partial charge in [0.15, 0.2) is 0 Å². The molecular weight excluding hydrogens is 416 g/mol. The molecule has 0 radical (unpaired) electrons. The highest BCUT2D eigenvalue weighted by molar-refractivity contribution is 7.92. The van der Waals surface area contributed by atoms with Crippen LogP contribution in [0.1, 0.15) is 6.92 Å². The molecule has 156 valence electrons. The molecule has 0 unspecified atom stereocenters. The van der Waals surface area contributed by atoms with Crippen molar-refractivity contribution < 1.29 is 22.7 Å². The zero-order valence-corrected chi connectivity index (χ0v) is 18.0. The van der Waals surface area contributed by atoms with E-state index in [2.05, 4.69) is 11.9 Å². The van der Waals surface area contributed by atoms with E-state index in [0.717, 1.165) is 10.6 Å². The van der Waals surface area contributed by atoms with Crippen molar-refractivity contribution in [3.05, 3.63) is 60.1 Å². The van der Waals surface area contributed by atoms with Crippen LogP contribution in [0.3, 0.4) is 0 Å². The molecule has 0 heterocycles. The summed E-state index contributed by atoms with van der Waals surface area (Å²) in [4.78, 5) is 12.7. The van der Waals surface area contributed by atoms with Gasteiger partial charge in [-0.1, -0.05) is 24.3 Å². The number of methoxy groups -OCH3 is 1. The first kappa shape index (κ1) is 22.6. The van der Waals surface area contributed by atoms with Gasteiger partial charge in [-0.15, -0.1) is 0 Å². The summed E-state index contributed by atoms with van der Waals surface area (Å²) in [5.74, 6) is 0.531. The molecule has 0 spiro atoms. The molecule has 0 aromatic heterocycles. The molecular formula is C20H23ClN2O5S. The van der Waals surface area contributed by atoms with E-state index in [0.29, 0.717) is 23.8 Å². The Morgan fingerprint density at radius 3 is 2.45 bits per heavy atom. The van der Waals surface area contributed by atoms with Crippen molar-refractivity contribution in [1.29, 1.82) is 0 Å². The Labute approximate surface area is 175 Å². The molecule has 0 saturated heterocycles. The maximum absolute atomic E-state index is 12.7. The Kier molecular flexibility index (Phi) is 7.53. The van der Waals surface area contributed by atoms with Crippen LogP contribution in [0.15, 0.2) is 55.1 Å². The molecule has 29 heavy (non-hydrogen) atoms. The predicted octanol–water partition coefficient (Wildman–Crippen LogP) is 3.71. The number of nitrogens with zero attached hydrogens (tertiary/aromatic N) is 1. The van der Waals surface area contributed by atoms with E-state index in [1.807, 2.05) is 0 Å². The minimum absolute atomic E-state index is 0.237. The van der Waals surface area contributed by atoms with Crippen molar-refractivity contribution in [3.8, 4) is 11.5 Å². The second kappa shape index (κ2) is 9.67. The van der Waals surface area contributed by atoms with Crippen molar-refractivity contribution >= 4 is 38.9 Å². The molecule has 7 nitrogen and oxygen atoms in total. The van der Waals surface area contributed by atoms with E-state index in [9.17, 15) is 13.2 Å². The van der Waals surface area contributed by atoms with Crippen molar-refractivity contribution in [2.45, 2.75) is 13.0 Å². The second-order valence-corrected chi connectivity index (χ2v) is 8.43. The third-order valence-corrected chi connectivity index (χ3v) is 5.51. The summed E-state index contributed by atoms with van der Waals surface area (Å²) in [5.41, 5.74) is 0.767. The van der Waals surface area contributed by atoms with E-state index in [4.69, 9.17) is 21.1 Å². The van der Waals surface area contributed by atoms with Crippen molar-refractivity contribution in [3.63, 3.8) is 0 Å². The maximum Gasteiger partial charge on any atom is 0.247 e. The molecule has 1 N–H and O–H groups in total. The number of nitrogens with one attached hydrogen (secondary N) is 1. The summed E-state index contributed by atoms with van der Waals surface area (Å²) < 4.78 is 36.3. The molecule has 0 aliphatic rings. The number of rotatable bonds is 9. The maximum atomic E-state index is 12.7. The fraction of sp³-hybridized carbons (Fsp3) is 0.250. The highest BCUT2D eigenvalue weighted by Gasteiger charge is 2.29. The van der Waals surface area contributed by atoms with Crippen LogP contribution in [-0.4, -0.2) is 40.3 Å². The van der Waals surface area contributed by atoms with Gasteiger partial charge in [0.05, 0.1) is 24.1 Å². The molecule has 0 fully saturated rings. The van der Waals surface area contributed by atoms with Crippen LogP contribution in [-0.2, 0) is 14.8 Å². The SMILES string of the molecule is C=CCOc1ccc(NC(=O)[C@H](C)N(c2ccc(OC)c(Cl)c2)S(C)(=O)=O)cc1. The predicted molar refractivity (Wildman–Crippen MR) is 116 cm³/mol. The van der Waals surface area contributed by atoms with Gasteiger partial charge in [0.2, 0.25) is 15.9 Å². The topological polar surface area (TPSA) is 84.9 Å². The van der Waals surface area contributed by atoms with Gasteiger partial charge in [-0.2, -0.15) is 0 Å². The monoisotopic (exact) mass is 438 g/mol. The molecule has 0 aliphatic heterocycles. The Morgan fingerprint density at radius 1 is 1.28 bits per heavy atom. The summed E-state index contributed by atoms with van der Waals surface area (Å²) in [6.07, 6.45) is 2.66. The lowest BCUT2D eigenvalue weighted by Gasteiger charge is -2.28. The van der Waals surface area contributed by atoms with Crippen LogP contribution >= 0.6 is 11.6 Å². The van der Waals surface area contributed by atoms with Gasteiger partial charge in [0.25, 0.3) is 0 Å². The highest BCUT2D eigenvalue weighted by atomic mass is 35.5. The minimum atomic E-state index is -3.76. The lowest BCUT2D eigenvalue weighted by molar-refractivity contribution is -0.116. The van der Waals surface area contributed by atoms with Crippen LogP contribution in [0.25, 0.3) is 0 Å². The molecule has 0 saturated carbocycles. The summed E-state index contributed by atoms with van der Waals surface area (Å²) in [5, 5.41) is 2.94. The largest absolute Gasteiger partial charge is 0.495 e. The molecule has 0 bridgehead atoms. The van der Waals surface area contributed by atoms with Crippen molar-refractivity contribution in [2.24, 2.45) is 0 Å². The van der Waals surface area contributed by atoms with E-state index in [1.54, 1.807) is 36.4 Å². The number of anilines is 2. The van der Waals surface area contributed by atoms with Crippen LogP contribution < -0.4 is 19.1 Å². The fourth-order valence-electron chi connectivity index (χ4n) is 2.64. The molecule has 9 heteroatoms. The van der Waals surface area contributed by atoms with Crippen molar-refractivity contribution in [2.75, 3.05) is 29.6 Å². The average Bonchev–Trinajstić information content (AvgIpc) is 2.66. The van der Waals surface area contributed by atoms with E-state index < -0.39 is 22.0 Å². The smallest absolute Gasteiger partial charge is 0.247 e. The normalized spacial score (nSPS) is 12.0. The van der Waals surface area contributed by atoms with E-state index in [-0.39, 0.29) is 10.7 Å². The lowest BCUT2D eigenvalue weighted by Crippen LogP contribution is -2.45. The van der Waals surface area contributed by atoms with Gasteiger partial charge >= 0.3 is 0 Å². The Bertz CT molecular complexity index is 977. The number of carbonyl (C=O) groups is 1. The third-order valence-electron chi connectivity index (χ3n) is 3.97. The highest BCUT2D eigenvalue weighted by Crippen LogP contribution is 2.31. The van der Waals surface area contributed by atoms with Gasteiger partial charge in [-0.3, -0.25) is 9.10 Å². The van der Waals surface area contributed by atoms with Gasteiger partial charge in [0, 0.05) is 5.69 Å². The zero-order chi connectivity index (χ0) is 21.6. The average molecular weight is 439 g/mol. The number of benzene rings is 2. The second-order valence-electron chi connectivity index (χ2n) is 6.17. The summed E-state index contributed by atoms with van der Waals surface area (Å²) >= 11 is 6.12. The molecule has 1 amide bonds. The first-order chi connectivity index (χ1) is 13.7. The molecule has 2 aromatic carbocycles. The van der Waals surface area contributed by atoms with Gasteiger partial charge in [-0.05, 0) is 49.4 Å². The third kappa shape index (κ3) is 5.88. The van der Waals surface area contributed by atoms with E-state index >= 15 is 0 Å². The number of sulfonamides is 1. The molecule has 1 atom stereocenters. The molecule has 2 rings (SSSR count). The summed E-state index contributed by atoms with van der Waals surface area (Å²) in [6, 6.07) is 10.2. The first-order valence-corrected chi connectivity index (χ1v) is 10.9. The van der Waals surface area contributed by atoms with Gasteiger partial charge in [-0.25, -0.2) is 8.42 Å². The number of carbonyl (C=O) groups excluding carboxylic acids is 1. The van der Waals surface area contributed by atoms with Crippen LogP contribution in [0.4, 0.5) is 11.4 Å². The summed E-state index contributed by atoms with van der Waals surface area (Å²) in [6.45, 7) is 5.44. The lowest BCUT2D eigenvalue weighted by atomic mass is 10.2. The molecule has 0 aliphatic carbocycles. The van der Waals surface area contributed by atoms with Gasteiger partial charge < -0.3 is 14.8 Å². The Morgan fingerprint density at radius 2 is 1.93 bits per heavy atom. The van der Waals surface area contributed by atoms with Crippen LogP contribution in [0, 0.1) is 0 Å². The number of hydrogen-bond acceptors (Lipinski definition) is 5. The van der Waals surface area contributed by atoms with Gasteiger partial charge in [0.1, 0.15) is 24.1 Å². The minimum Gasteiger partial charge on any atom is -0.495 e. The molecule has 2 aromatic rings. The Hall–Kier alpha value is -2.71. The van der Waals surface area contributed by atoms with Crippen LogP contribution in [0.2, 0.25) is 5.02 Å². The fourth-order valence-corrected chi connectivity index (χ4v) is 4.06. The number of ether oxygens (including phenoxy) is 2. The number of halogens is 1. The number of amides is 1. The zero-order valence-electron chi connectivity index (χ0n) is 16.4. The van der Waals surface area contributed by atoms with Crippen molar-refractivity contribution in [1.82, 2.24) is 0 Å². The first-order valence-electron chi connectivity index (χ1n) is 8.65. The van der Waals surface area contributed by atoms with Crippen LogP contribution in [0.5, 0.6) is 11.5 Å². The van der Waals surface area contributed by atoms with E-state index in [1.165, 1.54) is 26.2 Å². The summed E-state index contributed by atoms with van der Waals surface area (Å²) in [7, 11) is -2.31. The quantitative estimate of drug-likeness (QED) is 0.603.